The molecule has 3 nitrogen and oxygen atoms in total. The first-order valence-electron chi connectivity index (χ1n) is 5.87. The Morgan fingerprint density at radius 3 is 2.67 bits per heavy atom. The van der Waals surface area contributed by atoms with Crippen molar-refractivity contribution in [2.24, 2.45) is 10.4 Å². The van der Waals surface area contributed by atoms with Crippen LogP contribution in [0.5, 0.6) is 0 Å². The van der Waals surface area contributed by atoms with E-state index in [2.05, 4.69) is 4.99 Å². The van der Waals surface area contributed by atoms with Crippen molar-refractivity contribution < 1.29 is 14.3 Å². The number of aliphatic imine (C=N–C) groups is 1. The van der Waals surface area contributed by atoms with E-state index in [1.165, 1.54) is 12.1 Å². The number of ketones is 1. The number of Topliss-reactive ketones (excluding diaryl/α,β-unsaturated/α-hetero) is 1. The van der Waals surface area contributed by atoms with Crippen LogP contribution in [0, 0.1) is 11.2 Å². The zero-order chi connectivity index (χ0) is 13.5. The molecule has 0 spiro atoms. The first-order valence-corrected chi connectivity index (χ1v) is 5.87. The molecule has 2 rings (SSSR count). The van der Waals surface area contributed by atoms with Gasteiger partial charge in [0.05, 0.1) is 5.41 Å². The number of rotatable bonds is 1. The Morgan fingerprint density at radius 1 is 1.39 bits per heavy atom. The fraction of sp³-hybridized carbons (Fsp3) is 0.429. The molecule has 1 aromatic rings. The molecule has 1 aliphatic heterocycles. The highest BCUT2D eigenvalue weighted by Crippen LogP contribution is 2.35. The molecule has 0 unspecified atom stereocenters. The van der Waals surface area contributed by atoms with Crippen LogP contribution in [-0.2, 0) is 4.79 Å². The summed E-state index contributed by atoms with van der Waals surface area (Å²) in [5, 5.41) is 10.1. The van der Waals surface area contributed by atoms with Crippen LogP contribution < -0.4 is 0 Å². The van der Waals surface area contributed by atoms with E-state index in [0.29, 0.717) is 11.3 Å². The van der Waals surface area contributed by atoms with Crippen LogP contribution in [0.3, 0.4) is 0 Å². The van der Waals surface area contributed by atoms with Crippen LogP contribution in [0.2, 0.25) is 0 Å². The lowest BCUT2D eigenvalue weighted by Crippen LogP contribution is -2.46. The molecule has 1 aliphatic rings. The molecule has 0 bridgehead atoms. The lowest BCUT2D eigenvalue weighted by atomic mass is 9.76. The number of hydrogen-bond acceptors (Lipinski definition) is 3. The van der Waals surface area contributed by atoms with E-state index in [0.717, 1.165) is 0 Å². The highest BCUT2D eigenvalue weighted by molar-refractivity contribution is 6.11. The van der Waals surface area contributed by atoms with E-state index in [1.807, 2.05) is 0 Å². The molecule has 1 N–H and O–H groups in total. The van der Waals surface area contributed by atoms with Crippen LogP contribution >= 0.6 is 0 Å². The van der Waals surface area contributed by atoms with Gasteiger partial charge in [0.1, 0.15) is 18.0 Å². The van der Waals surface area contributed by atoms with Crippen molar-refractivity contribution in [1.82, 2.24) is 0 Å². The Balaban J connectivity index is 2.47. The number of hydrogen-bond donors (Lipinski definition) is 1. The molecular weight excluding hydrogens is 233 g/mol. The number of aliphatic hydroxyl groups excluding tert-OH is 1. The Labute approximate surface area is 105 Å². The average Bonchev–Trinajstić information content (AvgIpc) is 2.32. The van der Waals surface area contributed by atoms with Crippen molar-refractivity contribution in [3.8, 4) is 0 Å². The summed E-state index contributed by atoms with van der Waals surface area (Å²) in [6, 6.07) is 5.13. The first-order chi connectivity index (χ1) is 8.34. The molecule has 0 fully saturated rings. The third kappa shape index (κ3) is 1.97. The van der Waals surface area contributed by atoms with E-state index in [9.17, 15) is 14.3 Å². The Morgan fingerprint density at radius 2 is 2.06 bits per heavy atom. The van der Waals surface area contributed by atoms with Crippen LogP contribution in [0.15, 0.2) is 29.3 Å². The number of nitrogens with zero attached hydrogens (tertiary/aromatic N) is 1. The van der Waals surface area contributed by atoms with Gasteiger partial charge in [0.25, 0.3) is 0 Å². The largest absolute Gasteiger partial charge is 0.383 e. The molecule has 0 aliphatic carbocycles. The summed E-state index contributed by atoms with van der Waals surface area (Å²) >= 11 is 0. The Bertz CT molecular complexity index is 522. The van der Waals surface area contributed by atoms with Crippen molar-refractivity contribution in [2.75, 3.05) is 0 Å². The molecule has 0 saturated heterocycles. The van der Waals surface area contributed by atoms with Gasteiger partial charge in [-0.1, -0.05) is 12.1 Å². The van der Waals surface area contributed by atoms with Crippen molar-refractivity contribution in [3.63, 3.8) is 0 Å². The molecule has 0 amide bonds. The lowest BCUT2D eigenvalue weighted by molar-refractivity contribution is -0.134. The maximum absolute atomic E-state index is 13.2. The number of carbonyl (C=O) groups is 1. The van der Waals surface area contributed by atoms with Crippen LogP contribution in [0.1, 0.15) is 32.4 Å². The third-order valence-corrected chi connectivity index (χ3v) is 3.61. The van der Waals surface area contributed by atoms with Gasteiger partial charge in [-0.3, -0.25) is 9.79 Å². The molecule has 0 radical (unpaired) electrons. The summed E-state index contributed by atoms with van der Waals surface area (Å²) in [6.45, 7) is 5.23. The molecule has 1 heterocycles. The monoisotopic (exact) mass is 249 g/mol. The molecule has 2 atom stereocenters. The predicted octanol–water partition coefficient (Wildman–Crippen LogP) is 2.30. The standard InChI is InChI=1S/C14H16FNO2/c1-8-14(2,3)13(18)12(17)11(16-8)9-5-4-6-10(15)7-9/h4-7,11-12,17H,1-3H3/t11-,12-/m0/s1. The summed E-state index contributed by atoms with van der Waals surface area (Å²) in [7, 11) is 0. The van der Waals surface area contributed by atoms with Gasteiger partial charge < -0.3 is 5.11 Å². The highest BCUT2D eigenvalue weighted by atomic mass is 19.1. The normalized spacial score (nSPS) is 26.9. The van der Waals surface area contributed by atoms with E-state index in [-0.39, 0.29) is 5.78 Å². The number of carbonyl (C=O) groups excluding carboxylic acids is 1. The zero-order valence-electron chi connectivity index (χ0n) is 10.6. The predicted molar refractivity (Wildman–Crippen MR) is 67.0 cm³/mol. The van der Waals surface area contributed by atoms with Gasteiger partial charge in [0.15, 0.2) is 5.78 Å². The minimum atomic E-state index is -1.22. The van der Waals surface area contributed by atoms with E-state index < -0.39 is 23.4 Å². The van der Waals surface area contributed by atoms with Gasteiger partial charge in [-0.25, -0.2) is 4.39 Å². The average molecular weight is 249 g/mol. The summed E-state index contributed by atoms with van der Waals surface area (Å²) in [4.78, 5) is 16.5. The molecule has 18 heavy (non-hydrogen) atoms. The van der Waals surface area contributed by atoms with Gasteiger partial charge in [-0.2, -0.15) is 0 Å². The molecule has 0 saturated carbocycles. The van der Waals surface area contributed by atoms with Crippen molar-refractivity contribution >= 4 is 11.5 Å². The highest BCUT2D eigenvalue weighted by Gasteiger charge is 2.43. The third-order valence-electron chi connectivity index (χ3n) is 3.61. The van der Waals surface area contributed by atoms with E-state index in [1.54, 1.807) is 32.9 Å². The minimum absolute atomic E-state index is 0.274. The van der Waals surface area contributed by atoms with Gasteiger partial charge in [0, 0.05) is 5.71 Å². The maximum atomic E-state index is 13.2. The number of benzene rings is 1. The smallest absolute Gasteiger partial charge is 0.174 e. The van der Waals surface area contributed by atoms with Crippen molar-refractivity contribution in [2.45, 2.75) is 32.9 Å². The first kappa shape index (κ1) is 12.9. The Hall–Kier alpha value is -1.55. The summed E-state index contributed by atoms with van der Waals surface area (Å²) in [5.41, 5.74) is 0.418. The summed E-state index contributed by atoms with van der Waals surface area (Å²) < 4.78 is 13.2. The summed E-state index contributed by atoms with van der Waals surface area (Å²) in [6.07, 6.45) is -1.22. The second-order valence-corrected chi connectivity index (χ2v) is 5.15. The zero-order valence-corrected chi connectivity index (χ0v) is 10.6. The molecule has 0 aromatic heterocycles. The maximum Gasteiger partial charge on any atom is 0.174 e. The number of aliphatic hydroxyl groups is 1. The molecule has 96 valence electrons. The fourth-order valence-electron chi connectivity index (χ4n) is 2.08. The molecular formula is C14H16FNO2. The van der Waals surface area contributed by atoms with Gasteiger partial charge in [0.2, 0.25) is 0 Å². The van der Waals surface area contributed by atoms with E-state index >= 15 is 0 Å². The topological polar surface area (TPSA) is 49.7 Å². The Kier molecular flexibility index (Phi) is 3.07. The number of halogens is 1. The SMILES string of the molecule is CC1=N[C@@H](c2cccc(F)c2)[C@H](O)C(=O)C1(C)C. The van der Waals surface area contributed by atoms with Crippen LogP contribution in [0.4, 0.5) is 4.39 Å². The van der Waals surface area contributed by atoms with Gasteiger partial charge in [-0.05, 0) is 38.5 Å². The van der Waals surface area contributed by atoms with E-state index in [4.69, 9.17) is 0 Å². The lowest BCUT2D eigenvalue weighted by Gasteiger charge is -2.34. The second kappa shape index (κ2) is 4.28. The van der Waals surface area contributed by atoms with Crippen LogP contribution in [0.25, 0.3) is 0 Å². The summed E-state index contributed by atoms with van der Waals surface area (Å²) in [5.74, 6) is -0.672. The second-order valence-electron chi connectivity index (χ2n) is 5.15. The van der Waals surface area contributed by atoms with Gasteiger partial charge in [-0.15, -0.1) is 0 Å². The van der Waals surface area contributed by atoms with Crippen LogP contribution in [-0.4, -0.2) is 22.7 Å². The van der Waals surface area contributed by atoms with Crippen molar-refractivity contribution in [3.05, 3.63) is 35.6 Å². The quantitative estimate of drug-likeness (QED) is 0.830. The molecule has 1 aromatic carbocycles. The fourth-order valence-corrected chi connectivity index (χ4v) is 2.08. The van der Waals surface area contributed by atoms with Gasteiger partial charge >= 0.3 is 0 Å². The minimum Gasteiger partial charge on any atom is -0.383 e. The van der Waals surface area contributed by atoms with Crippen molar-refractivity contribution in [1.29, 1.82) is 0 Å². The molecule has 4 heteroatoms.